The summed E-state index contributed by atoms with van der Waals surface area (Å²) in [6.07, 6.45) is 6.16. The van der Waals surface area contributed by atoms with E-state index in [9.17, 15) is 0 Å². The van der Waals surface area contributed by atoms with Crippen LogP contribution in [0.5, 0.6) is 0 Å². The second-order valence-corrected chi connectivity index (χ2v) is 5.92. The number of para-hydroxylation sites is 1. The smallest absolute Gasteiger partial charge is 0.104 e. The summed E-state index contributed by atoms with van der Waals surface area (Å²) in [5.74, 6) is 0. The molecule has 0 unspecified atom stereocenters. The Morgan fingerprint density at radius 3 is 2.74 bits per heavy atom. The van der Waals surface area contributed by atoms with Crippen molar-refractivity contribution < 1.29 is 0 Å². The highest BCUT2D eigenvalue weighted by Gasteiger charge is 2.35. The van der Waals surface area contributed by atoms with E-state index in [1.807, 2.05) is 0 Å². The number of nitriles is 1. The minimum absolute atomic E-state index is 0.562. The Bertz CT molecular complexity index is 495. The van der Waals surface area contributed by atoms with Gasteiger partial charge in [0.2, 0.25) is 0 Å². The number of anilines is 1. The maximum atomic E-state index is 9.12. The van der Waals surface area contributed by atoms with Gasteiger partial charge in [-0.25, -0.2) is 0 Å². The summed E-state index contributed by atoms with van der Waals surface area (Å²) in [6.45, 7) is 1.14. The van der Waals surface area contributed by atoms with Gasteiger partial charge in [-0.2, -0.15) is 5.26 Å². The number of hydrogen-bond donors (Lipinski definition) is 1. The first kappa shape index (κ1) is 12.5. The average Bonchev–Trinajstić information content (AvgIpc) is 2.48. The fourth-order valence-electron chi connectivity index (χ4n) is 3.48. The van der Waals surface area contributed by atoms with Crippen molar-refractivity contribution in [1.82, 2.24) is 0 Å². The number of aryl methyl sites for hydroxylation is 1. The number of benzene rings is 1. The fraction of sp³-hybridized carbons (Fsp3) is 0.562. The van der Waals surface area contributed by atoms with Gasteiger partial charge in [-0.05, 0) is 50.2 Å². The van der Waals surface area contributed by atoms with E-state index in [4.69, 9.17) is 11.0 Å². The quantitative estimate of drug-likeness (QED) is 0.839. The van der Waals surface area contributed by atoms with E-state index in [2.05, 4.69) is 35.2 Å². The van der Waals surface area contributed by atoms with Crippen LogP contribution in [0.15, 0.2) is 24.3 Å². The summed E-state index contributed by atoms with van der Waals surface area (Å²) in [5, 5.41) is 9.12. The van der Waals surface area contributed by atoms with Gasteiger partial charge in [0.1, 0.15) is 5.54 Å². The molecule has 0 spiro atoms. The van der Waals surface area contributed by atoms with Gasteiger partial charge < -0.3 is 10.6 Å². The van der Waals surface area contributed by atoms with Gasteiger partial charge in [-0.15, -0.1) is 0 Å². The molecular formula is C16H21N3. The van der Waals surface area contributed by atoms with Crippen LogP contribution in [0.3, 0.4) is 0 Å². The molecule has 1 aromatic rings. The van der Waals surface area contributed by atoms with E-state index in [0.29, 0.717) is 6.04 Å². The average molecular weight is 255 g/mol. The Labute approximate surface area is 115 Å². The summed E-state index contributed by atoms with van der Waals surface area (Å²) in [7, 11) is 0. The molecule has 0 saturated heterocycles. The van der Waals surface area contributed by atoms with Crippen LogP contribution in [0.1, 0.15) is 37.7 Å². The minimum atomic E-state index is -0.578. The highest BCUT2D eigenvalue weighted by Crippen LogP contribution is 2.35. The minimum Gasteiger partial charge on any atom is -0.368 e. The predicted molar refractivity (Wildman–Crippen MR) is 76.9 cm³/mol. The van der Waals surface area contributed by atoms with Crippen LogP contribution in [-0.2, 0) is 6.42 Å². The molecule has 0 radical (unpaired) electrons. The van der Waals surface area contributed by atoms with Crippen LogP contribution in [0.2, 0.25) is 0 Å². The number of hydrogen-bond acceptors (Lipinski definition) is 3. The second-order valence-electron chi connectivity index (χ2n) is 5.92. The van der Waals surface area contributed by atoms with Gasteiger partial charge in [0.25, 0.3) is 0 Å². The van der Waals surface area contributed by atoms with Crippen molar-refractivity contribution in [3.05, 3.63) is 29.8 Å². The molecule has 0 bridgehead atoms. The lowest BCUT2D eigenvalue weighted by atomic mass is 9.80. The van der Waals surface area contributed by atoms with Gasteiger partial charge in [-0.3, -0.25) is 0 Å². The maximum Gasteiger partial charge on any atom is 0.104 e. The van der Waals surface area contributed by atoms with Crippen LogP contribution in [0, 0.1) is 11.3 Å². The summed E-state index contributed by atoms with van der Waals surface area (Å²) < 4.78 is 0. The largest absolute Gasteiger partial charge is 0.368 e. The van der Waals surface area contributed by atoms with Crippen molar-refractivity contribution >= 4 is 5.69 Å². The van der Waals surface area contributed by atoms with E-state index >= 15 is 0 Å². The lowest BCUT2D eigenvalue weighted by Gasteiger charge is -2.42. The molecule has 3 heteroatoms. The van der Waals surface area contributed by atoms with Crippen LogP contribution in [0.25, 0.3) is 0 Å². The van der Waals surface area contributed by atoms with E-state index in [1.54, 1.807) is 0 Å². The monoisotopic (exact) mass is 255 g/mol. The van der Waals surface area contributed by atoms with Gasteiger partial charge in [-0.1, -0.05) is 18.2 Å². The summed E-state index contributed by atoms with van der Waals surface area (Å²) in [4.78, 5) is 2.55. The molecule has 1 aliphatic heterocycles. The molecule has 100 valence electrons. The molecule has 0 amide bonds. The lowest BCUT2D eigenvalue weighted by molar-refractivity contribution is 0.319. The zero-order valence-corrected chi connectivity index (χ0v) is 11.3. The predicted octanol–water partition coefficient (Wildman–Crippen LogP) is 2.60. The normalized spacial score (nSPS) is 30.5. The molecule has 3 nitrogen and oxygen atoms in total. The van der Waals surface area contributed by atoms with Gasteiger partial charge in [0, 0.05) is 18.3 Å². The highest BCUT2D eigenvalue weighted by molar-refractivity contribution is 5.56. The zero-order chi connectivity index (χ0) is 13.3. The van der Waals surface area contributed by atoms with Gasteiger partial charge in [0.15, 0.2) is 0 Å². The van der Waals surface area contributed by atoms with Gasteiger partial charge in [0.05, 0.1) is 6.07 Å². The van der Waals surface area contributed by atoms with Crippen molar-refractivity contribution in [1.29, 1.82) is 5.26 Å². The molecule has 3 rings (SSSR count). The van der Waals surface area contributed by atoms with Gasteiger partial charge >= 0.3 is 0 Å². The molecule has 1 aromatic carbocycles. The third-order valence-electron chi connectivity index (χ3n) is 4.66. The molecule has 1 aliphatic carbocycles. The highest BCUT2D eigenvalue weighted by atomic mass is 15.2. The lowest BCUT2D eigenvalue weighted by Crippen LogP contribution is -2.48. The maximum absolute atomic E-state index is 9.12. The number of nitrogens with two attached hydrogens (primary N) is 1. The topological polar surface area (TPSA) is 53.1 Å². The van der Waals surface area contributed by atoms with E-state index in [0.717, 1.165) is 32.2 Å². The number of nitrogens with zero attached hydrogens (tertiary/aromatic N) is 2. The molecule has 0 atom stereocenters. The van der Waals surface area contributed by atoms with E-state index < -0.39 is 5.54 Å². The van der Waals surface area contributed by atoms with Crippen LogP contribution in [-0.4, -0.2) is 18.1 Å². The Balaban J connectivity index is 1.77. The molecule has 2 N–H and O–H groups in total. The van der Waals surface area contributed by atoms with Crippen LogP contribution >= 0.6 is 0 Å². The summed E-state index contributed by atoms with van der Waals surface area (Å²) in [5.41, 5.74) is 8.36. The molecule has 1 saturated carbocycles. The zero-order valence-electron chi connectivity index (χ0n) is 11.3. The van der Waals surface area contributed by atoms with E-state index in [-0.39, 0.29) is 0 Å². The Morgan fingerprint density at radius 1 is 1.26 bits per heavy atom. The molecule has 0 aromatic heterocycles. The number of fused-ring (bicyclic) bond motifs is 1. The number of rotatable bonds is 1. The summed E-state index contributed by atoms with van der Waals surface area (Å²) in [6, 6.07) is 11.6. The first-order valence-corrected chi connectivity index (χ1v) is 7.26. The van der Waals surface area contributed by atoms with Crippen LogP contribution in [0.4, 0.5) is 5.69 Å². The van der Waals surface area contributed by atoms with Crippen molar-refractivity contribution in [2.45, 2.75) is 50.1 Å². The Kier molecular flexibility index (Phi) is 3.20. The summed E-state index contributed by atoms with van der Waals surface area (Å²) >= 11 is 0. The first-order chi connectivity index (χ1) is 9.22. The molecule has 19 heavy (non-hydrogen) atoms. The van der Waals surface area contributed by atoms with Crippen molar-refractivity contribution in [3.8, 4) is 6.07 Å². The fourth-order valence-corrected chi connectivity index (χ4v) is 3.48. The third-order valence-corrected chi connectivity index (χ3v) is 4.66. The Morgan fingerprint density at radius 2 is 2.00 bits per heavy atom. The van der Waals surface area contributed by atoms with Crippen LogP contribution < -0.4 is 10.6 Å². The third kappa shape index (κ3) is 2.33. The van der Waals surface area contributed by atoms with Crippen molar-refractivity contribution in [3.63, 3.8) is 0 Å². The molecule has 2 aliphatic rings. The second kappa shape index (κ2) is 4.86. The van der Waals surface area contributed by atoms with Crippen molar-refractivity contribution in [2.75, 3.05) is 11.4 Å². The Hall–Kier alpha value is -1.53. The molecule has 1 fully saturated rings. The first-order valence-electron chi connectivity index (χ1n) is 7.26. The SMILES string of the molecule is N#CC1(N)CCC(N2CCCc3ccccc32)CC1. The van der Waals surface area contributed by atoms with E-state index in [1.165, 1.54) is 24.1 Å². The standard InChI is InChI=1S/C16H21N3/c17-12-16(18)9-7-14(8-10-16)19-11-3-5-13-4-1-2-6-15(13)19/h1-2,4,6,14H,3,5,7-11,18H2. The molecular weight excluding hydrogens is 234 g/mol. The van der Waals surface area contributed by atoms with Crippen molar-refractivity contribution in [2.24, 2.45) is 5.73 Å². The molecule has 1 heterocycles.